The fraction of sp³-hybridized carbons (Fsp3) is 0.909. The minimum atomic E-state index is -1.58. The van der Waals surface area contributed by atoms with Crippen LogP contribution in [0.25, 0.3) is 0 Å². The molecule has 0 unspecified atom stereocenters. The van der Waals surface area contributed by atoms with E-state index in [-0.39, 0.29) is 0 Å². The predicted octanol–water partition coefficient (Wildman–Crippen LogP) is 4.25. The van der Waals surface area contributed by atoms with Gasteiger partial charge in [-0.05, 0) is 29.8 Å². The SMILES string of the molecule is C/C=N\[Si](C)(C(C)(C)C)C(C)(C)C. The summed E-state index contributed by atoms with van der Waals surface area (Å²) < 4.78 is 4.81. The third-order valence-electron chi connectivity index (χ3n) is 3.31. The molecule has 0 saturated heterocycles. The summed E-state index contributed by atoms with van der Waals surface area (Å²) in [6.45, 7) is 18.3. The van der Waals surface area contributed by atoms with Crippen molar-refractivity contribution >= 4 is 14.5 Å². The molecular weight excluding hydrogens is 174 g/mol. The van der Waals surface area contributed by atoms with Gasteiger partial charge in [-0.1, -0.05) is 41.5 Å². The molecule has 0 rings (SSSR count). The summed E-state index contributed by atoms with van der Waals surface area (Å²) in [5, 5.41) is 0.662. The maximum Gasteiger partial charge on any atom is 0.188 e. The summed E-state index contributed by atoms with van der Waals surface area (Å²) in [6.07, 6.45) is 1.99. The normalized spacial score (nSPS) is 15.4. The number of rotatable bonds is 1. The van der Waals surface area contributed by atoms with E-state index in [1.807, 2.05) is 13.1 Å². The molecule has 2 heteroatoms. The second-order valence-electron chi connectivity index (χ2n) is 5.96. The van der Waals surface area contributed by atoms with Crippen molar-refractivity contribution in [2.75, 3.05) is 0 Å². The van der Waals surface area contributed by atoms with Crippen molar-refractivity contribution in [1.82, 2.24) is 0 Å². The van der Waals surface area contributed by atoms with Gasteiger partial charge in [-0.15, -0.1) is 0 Å². The highest BCUT2D eigenvalue weighted by Crippen LogP contribution is 2.51. The zero-order valence-electron chi connectivity index (χ0n) is 10.5. The minimum absolute atomic E-state index is 0.331. The average molecular weight is 199 g/mol. The molecule has 0 aliphatic heterocycles. The fourth-order valence-electron chi connectivity index (χ4n) is 1.77. The zero-order valence-corrected chi connectivity index (χ0v) is 11.5. The molecule has 0 heterocycles. The summed E-state index contributed by atoms with van der Waals surface area (Å²) in [5.41, 5.74) is 0. The van der Waals surface area contributed by atoms with Crippen LogP contribution in [0.4, 0.5) is 0 Å². The van der Waals surface area contributed by atoms with E-state index in [0.717, 1.165) is 0 Å². The molecule has 0 atom stereocenters. The first kappa shape index (κ1) is 12.9. The first-order chi connectivity index (χ1) is 5.56. The van der Waals surface area contributed by atoms with Gasteiger partial charge in [0.15, 0.2) is 8.24 Å². The summed E-state index contributed by atoms with van der Waals surface area (Å²) >= 11 is 0. The monoisotopic (exact) mass is 199 g/mol. The van der Waals surface area contributed by atoms with Crippen molar-refractivity contribution in [2.45, 2.75) is 65.1 Å². The van der Waals surface area contributed by atoms with Crippen LogP contribution in [0.2, 0.25) is 16.6 Å². The second-order valence-corrected chi connectivity index (χ2v) is 11.4. The lowest BCUT2D eigenvalue weighted by molar-refractivity contribution is 0.615. The van der Waals surface area contributed by atoms with Crippen molar-refractivity contribution in [1.29, 1.82) is 0 Å². The lowest BCUT2D eigenvalue weighted by Gasteiger charge is -2.45. The van der Waals surface area contributed by atoms with Crippen LogP contribution < -0.4 is 0 Å². The van der Waals surface area contributed by atoms with Gasteiger partial charge in [-0.25, -0.2) is 0 Å². The molecule has 0 amide bonds. The van der Waals surface area contributed by atoms with Crippen LogP contribution in [0, 0.1) is 0 Å². The van der Waals surface area contributed by atoms with Crippen molar-refractivity contribution < 1.29 is 0 Å². The predicted molar refractivity (Wildman–Crippen MR) is 65.2 cm³/mol. The Morgan fingerprint density at radius 2 is 1.23 bits per heavy atom. The van der Waals surface area contributed by atoms with E-state index in [1.54, 1.807) is 0 Å². The van der Waals surface area contributed by atoms with Gasteiger partial charge in [0, 0.05) is 0 Å². The van der Waals surface area contributed by atoms with Gasteiger partial charge >= 0.3 is 0 Å². The fourth-order valence-corrected chi connectivity index (χ4v) is 5.31. The zero-order chi connectivity index (χ0) is 10.9. The molecule has 0 bridgehead atoms. The number of hydrogen-bond donors (Lipinski definition) is 0. The highest BCUT2D eigenvalue weighted by molar-refractivity contribution is 6.83. The van der Waals surface area contributed by atoms with E-state index in [2.05, 4.69) is 48.1 Å². The third-order valence-corrected chi connectivity index (χ3v) is 9.92. The van der Waals surface area contributed by atoms with Gasteiger partial charge in [-0.2, -0.15) is 0 Å². The Morgan fingerprint density at radius 1 is 0.923 bits per heavy atom. The van der Waals surface area contributed by atoms with Crippen molar-refractivity contribution in [2.24, 2.45) is 4.66 Å². The minimum Gasteiger partial charge on any atom is -0.332 e. The summed E-state index contributed by atoms with van der Waals surface area (Å²) in [5.74, 6) is 0. The molecule has 13 heavy (non-hydrogen) atoms. The molecule has 0 fully saturated rings. The molecule has 78 valence electrons. The van der Waals surface area contributed by atoms with E-state index in [9.17, 15) is 0 Å². The quantitative estimate of drug-likeness (QED) is 0.442. The van der Waals surface area contributed by atoms with Crippen LogP contribution in [0.1, 0.15) is 48.5 Å². The summed E-state index contributed by atoms with van der Waals surface area (Å²) in [6, 6.07) is 0. The topological polar surface area (TPSA) is 12.4 Å². The van der Waals surface area contributed by atoms with E-state index < -0.39 is 8.24 Å². The Labute approximate surface area is 84.7 Å². The highest BCUT2D eigenvalue weighted by atomic mass is 28.3. The molecule has 0 aromatic heterocycles. The molecule has 0 spiro atoms. The first-order valence-electron chi connectivity index (χ1n) is 5.06. The Morgan fingerprint density at radius 3 is 1.31 bits per heavy atom. The highest BCUT2D eigenvalue weighted by Gasteiger charge is 2.49. The van der Waals surface area contributed by atoms with E-state index in [1.165, 1.54) is 0 Å². The molecule has 0 aromatic carbocycles. The molecule has 0 aliphatic carbocycles. The third kappa shape index (κ3) is 2.43. The number of nitrogens with zero attached hydrogens (tertiary/aromatic N) is 1. The Bertz CT molecular complexity index is 179. The van der Waals surface area contributed by atoms with Crippen LogP contribution >= 0.6 is 0 Å². The molecule has 0 radical (unpaired) electrons. The van der Waals surface area contributed by atoms with Gasteiger partial charge in [0.05, 0.1) is 0 Å². The van der Waals surface area contributed by atoms with Gasteiger partial charge in [0.2, 0.25) is 0 Å². The molecular formula is C11H25NSi. The van der Waals surface area contributed by atoms with E-state index in [0.29, 0.717) is 10.1 Å². The smallest absolute Gasteiger partial charge is 0.188 e. The first-order valence-corrected chi connectivity index (χ1v) is 7.51. The van der Waals surface area contributed by atoms with Gasteiger partial charge < -0.3 is 4.66 Å². The van der Waals surface area contributed by atoms with Gasteiger partial charge in [-0.3, -0.25) is 0 Å². The van der Waals surface area contributed by atoms with E-state index >= 15 is 0 Å². The van der Waals surface area contributed by atoms with Crippen LogP contribution in [-0.2, 0) is 0 Å². The average Bonchev–Trinajstić information content (AvgIpc) is 1.82. The van der Waals surface area contributed by atoms with Crippen LogP contribution in [0.15, 0.2) is 4.66 Å². The maximum absolute atomic E-state index is 4.81. The van der Waals surface area contributed by atoms with E-state index in [4.69, 9.17) is 4.66 Å². The summed E-state index contributed by atoms with van der Waals surface area (Å²) in [4.78, 5) is 0. The lowest BCUT2D eigenvalue weighted by atomic mass is 10.2. The van der Waals surface area contributed by atoms with Crippen molar-refractivity contribution in [3.8, 4) is 0 Å². The summed E-state index contributed by atoms with van der Waals surface area (Å²) in [7, 11) is -1.58. The molecule has 1 nitrogen and oxygen atoms in total. The molecule has 0 aliphatic rings. The number of hydrogen-bond acceptors (Lipinski definition) is 1. The largest absolute Gasteiger partial charge is 0.332 e. The van der Waals surface area contributed by atoms with Crippen molar-refractivity contribution in [3.63, 3.8) is 0 Å². The van der Waals surface area contributed by atoms with Crippen molar-refractivity contribution in [3.05, 3.63) is 0 Å². The molecule has 0 saturated carbocycles. The van der Waals surface area contributed by atoms with Crippen LogP contribution in [-0.4, -0.2) is 14.5 Å². The molecule has 0 N–H and O–H groups in total. The Balaban J connectivity index is 5.21. The standard InChI is InChI=1S/C11H25NSi/c1-9-12-13(8,10(2,3)4)11(5,6)7/h9H,1-8H3/b12-9-. The van der Waals surface area contributed by atoms with Gasteiger partial charge in [0.25, 0.3) is 0 Å². The van der Waals surface area contributed by atoms with Gasteiger partial charge in [0.1, 0.15) is 0 Å². The Kier molecular flexibility index (Phi) is 3.53. The maximum atomic E-state index is 4.81. The Hall–Kier alpha value is -0.113. The van der Waals surface area contributed by atoms with Crippen LogP contribution in [0.5, 0.6) is 0 Å². The second kappa shape index (κ2) is 3.56. The molecule has 0 aromatic rings. The lowest BCUT2D eigenvalue weighted by Crippen LogP contribution is -2.47. The van der Waals surface area contributed by atoms with Crippen LogP contribution in [0.3, 0.4) is 0 Å².